The predicted molar refractivity (Wildman–Crippen MR) is 115 cm³/mol. The first-order chi connectivity index (χ1) is 13.1. The number of hydrogen-bond acceptors (Lipinski definition) is 3. The molecule has 9 heteroatoms. The Bertz CT molecular complexity index is 798. The third-order valence-corrected chi connectivity index (χ3v) is 4.52. The Balaban J connectivity index is 0.00000280. The minimum absolute atomic E-state index is 0. The smallest absolute Gasteiger partial charge is 0.191 e. The van der Waals surface area contributed by atoms with Gasteiger partial charge in [-0.2, -0.15) is 0 Å². The molecule has 1 atom stereocenters. The average Bonchev–Trinajstić information content (AvgIpc) is 3.12. The molecule has 3 rings (SSSR count). The van der Waals surface area contributed by atoms with Crippen molar-refractivity contribution in [3.8, 4) is 0 Å². The molecule has 1 fully saturated rings. The number of hydrogen-bond donors (Lipinski definition) is 2. The van der Waals surface area contributed by atoms with Crippen LogP contribution in [0.15, 0.2) is 41.5 Å². The van der Waals surface area contributed by atoms with E-state index in [1.165, 1.54) is 24.3 Å². The van der Waals surface area contributed by atoms with E-state index in [9.17, 15) is 13.2 Å². The average molecular weight is 505 g/mol. The first-order valence-corrected chi connectivity index (χ1v) is 8.84. The maximum atomic E-state index is 13.9. The number of guanidine groups is 1. The van der Waals surface area contributed by atoms with E-state index in [0.717, 1.165) is 6.42 Å². The summed E-state index contributed by atoms with van der Waals surface area (Å²) in [6.07, 6.45) is 2.58. The molecule has 0 bridgehead atoms. The van der Waals surface area contributed by atoms with Gasteiger partial charge in [0.15, 0.2) is 17.6 Å². The lowest BCUT2D eigenvalue weighted by atomic mass is 10.1. The van der Waals surface area contributed by atoms with Crippen molar-refractivity contribution in [2.24, 2.45) is 4.99 Å². The van der Waals surface area contributed by atoms with Crippen LogP contribution >= 0.6 is 24.0 Å². The van der Waals surface area contributed by atoms with Crippen molar-refractivity contribution in [1.82, 2.24) is 15.6 Å². The summed E-state index contributed by atoms with van der Waals surface area (Å²) < 4.78 is 41.2. The molecular weight excluding hydrogens is 482 g/mol. The second-order valence-corrected chi connectivity index (χ2v) is 6.33. The van der Waals surface area contributed by atoms with Gasteiger partial charge in [-0.25, -0.2) is 18.2 Å². The van der Waals surface area contributed by atoms with E-state index in [1.807, 2.05) is 4.90 Å². The molecule has 0 amide bonds. The second-order valence-electron chi connectivity index (χ2n) is 6.33. The molecule has 0 aliphatic carbocycles. The van der Waals surface area contributed by atoms with Gasteiger partial charge in [0, 0.05) is 44.5 Å². The number of nitrogens with zero attached hydrogens (tertiary/aromatic N) is 3. The zero-order chi connectivity index (χ0) is 19.2. The Labute approximate surface area is 179 Å². The summed E-state index contributed by atoms with van der Waals surface area (Å²) in [7, 11) is 1.63. The quantitative estimate of drug-likeness (QED) is 0.373. The van der Waals surface area contributed by atoms with Gasteiger partial charge in [-0.3, -0.25) is 4.99 Å². The molecule has 2 aromatic rings. The number of nitrogens with one attached hydrogen (secondary N) is 2. The molecule has 28 heavy (non-hydrogen) atoms. The molecule has 1 unspecified atom stereocenters. The Kier molecular flexibility index (Phi) is 8.34. The van der Waals surface area contributed by atoms with Gasteiger partial charge >= 0.3 is 0 Å². The van der Waals surface area contributed by atoms with Gasteiger partial charge in [-0.15, -0.1) is 24.0 Å². The fourth-order valence-electron chi connectivity index (χ4n) is 3.15. The van der Waals surface area contributed by atoms with Crippen LogP contribution in [0.2, 0.25) is 0 Å². The Morgan fingerprint density at radius 1 is 1.18 bits per heavy atom. The number of pyridine rings is 1. The van der Waals surface area contributed by atoms with E-state index in [-0.39, 0.29) is 47.8 Å². The van der Waals surface area contributed by atoms with Crippen LogP contribution in [0.1, 0.15) is 12.0 Å². The molecule has 1 aromatic heterocycles. The monoisotopic (exact) mass is 505 g/mol. The summed E-state index contributed by atoms with van der Waals surface area (Å²) in [5.41, 5.74) is 0.0538. The lowest BCUT2D eigenvalue weighted by Gasteiger charge is -2.20. The van der Waals surface area contributed by atoms with Gasteiger partial charge in [0.25, 0.3) is 0 Å². The van der Waals surface area contributed by atoms with E-state index in [4.69, 9.17) is 0 Å². The second kappa shape index (κ2) is 10.5. The first-order valence-electron chi connectivity index (χ1n) is 8.84. The molecule has 1 aliphatic heterocycles. The van der Waals surface area contributed by atoms with Crippen molar-refractivity contribution in [3.05, 3.63) is 59.5 Å². The van der Waals surface area contributed by atoms with Crippen LogP contribution in [0.3, 0.4) is 0 Å². The standard InChI is InChI=1S/C19H22F3N5.HI/c1-23-19(25-10-7-14-15(20)4-2-5-16(14)21)26-13-8-11-27(12-13)18-17(22)6-3-9-24-18;/h2-6,9,13H,7-8,10-12H2,1H3,(H2,23,25,26);1H. The van der Waals surface area contributed by atoms with Crippen molar-refractivity contribution in [1.29, 1.82) is 0 Å². The zero-order valence-electron chi connectivity index (χ0n) is 15.5. The minimum atomic E-state index is -0.552. The summed E-state index contributed by atoms with van der Waals surface area (Å²) in [6.45, 7) is 1.61. The summed E-state index contributed by atoms with van der Waals surface area (Å²) >= 11 is 0. The van der Waals surface area contributed by atoms with Crippen LogP contribution in [0.5, 0.6) is 0 Å². The summed E-state index contributed by atoms with van der Waals surface area (Å²) in [6, 6.07) is 6.87. The molecule has 1 aliphatic rings. The molecule has 0 radical (unpaired) electrons. The van der Waals surface area contributed by atoms with Gasteiger partial charge < -0.3 is 15.5 Å². The van der Waals surface area contributed by atoms with Gasteiger partial charge in [0.1, 0.15) is 11.6 Å². The van der Waals surface area contributed by atoms with Gasteiger partial charge in [-0.05, 0) is 37.1 Å². The summed E-state index contributed by atoms with van der Waals surface area (Å²) in [4.78, 5) is 10.1. The maximum absolute atomic E-state index is 13.9. The lowest BCUT2D eigenvalue weighted by molar-refractivity contribution is 0.552. The lowest BCUT2D eigenvalue weighted by Crippen LogP contribution is -2.45. The van der Waals surface area contributed by atoms with Crippen molar-refractivity contribution in [3.63, 3.8) is 0 Å². The van der Waals surface area contributed by atoms with Crippen molar-refractivity contribution in [2.45, 2.75) is 18.9 Å². The number of benzene rings is 1. The largest absolute Gasteiger partial charge is 0.356 e. The third-order valence-electron chi connectivity index (χ3n) is 4.52. The highest BCUT2D eigenvalue weighted by atomic mass is 127. The van der Waals surface area contributed by atoms with Crippen LogP contribution < -0.4 is 15.5 Å². The fraction of sp³-hybridized carbons (Fsp3) is 0.368. The Hall–Kier alpha value is -2.04. The molecule has 5 nitrogen and oxygen atoms in total. The number of anilines is 1. The highest BCUT2D eigenvalue weighted by Gasteiger charge is 2.25. The molecule has 152 valence electrons. The van der Waals surface area contributed by atoms with Crippen molar-refractivity contribution >= 4 is 35.8 Å². The van der Waals surface area contributed by atoms with Gasteiger partial charge in [0.2, 0.25) is 0 Å². The molecule has 1 saturated heterocycles. The molecule has 2 heterocycles. The van der Waals surface area contributed by atoms with Gasteiger partial charge in [-0.1, -0.05) is 6.07 Å². The highest BCUT2D eigenvalue weighted by molar-refractivity contribution is 14.0. The number of aliphatic imine (C=N–C) groups is 1. The molecule has 2 N–H and O–H groups in total. The molecular formula is C19H23F3IN5. The van der Waals surface area contributed by atoms with Crippen LogP contribution in [0.25, 0.3) is 0 Å². The van der Waals surface area contributed by atoms with Crippen LogP contribution in [-0.2, 0) is 6.42 Å². The van der Waals surface area contributed by atoms with E-state index < -0.39 is 11.6 Å². The fourth-order valence-corrected chi connectivity index (χ4v) is 3.15. The minimum Gasteiger partial charge on any atom is -0.356 e. The van der Waals surface area contributed by atoms with E-state index in [2.05, 4.69) is 20.6 Å². The van der Waals surface area contributed by atoms with Crippen molar-refractivity contribution < 1.29 is 13.2 Å². The van der Waals surface area contributed by atoms with Gasteiger partial charge in [0.05, 0.1) is 0 Å². The zero-order valence-corrected chi connectivity index (χ0v) is 17.8. The first kappa shape index (κ1) is 22.3. The molecule has 1 aromatic carbocycles. The normalized spacial score (nSPS) is 16.6. The summed E-state index contributed by atoms with van der Waals surface area (Å²) in [5, 5.41) is 6.32. The topological polar surface area (TPSA) is 52.6 Å². The number of rotatable bonds is 5. The van der Waals surface area contributed by atoms with E-state index in [1.54, 1.807) is 19.3 Å². The van der Waals surface area contributed by atoms with Crippen LogP contribution in [0, 0.1) is 17.5 Å². The number of halogens is 4. The van der Waals surface area contributed by atoms with Crippen molar-refractivity contribution in [2.75, 3.05) is 31.6 Å². The number of aromatic nitrogens is 1. The maximum Gasteiger partial charge on any atom is 0.191 e. The molecule has 0 spiro atoms. The SMILES string of the molecule is CN=C(NCCc1c(F)cccc1F)NC1CCN(c2ncccc2F)C1.I. The van der Waals surface area contributed by atoms with Crippen LogP contribution in [0.4, 0.5) is 19.0 Å². The van der Waals surface area contributed by atoms with E-state index >= 15 is 0 Å². The molecule has 0 saturated carbocycles. The Morgan fingerprint density at radius 2 is 1.89 bits per heavy atom. The third kappa shape index (κ3) is 5.49. The van der Waals surface area contributed by atoms with E-state index in [0.29, 0.717) is 31.4 Å². The Morgan fingerprint density at radius 3 is 2.57 bits per heavy atom. The highest BCUT2D eigenvalue weighted by Crippen LogP contribution is 2.20. The summed E-state index contributed by atoms with van der Waals surface area (Å²) in [5.74, 6) is -0.556. The van der Waals surface area contributed by atoms with Crippen LogP contribution in [-0.4, -0.2) is 43.7 Å². The predicted octanol–water partition coefficient (Wildman–Crippen LogP) is 3.10.